The summed E-state index contributed by atoms with van der Waals surface area (Å²) in [5, 5.41) is 0. The van der Waals surface area contributed by atoms with Crippen molar-refractivity contribution >= 4 is 0 Å². The third-order valence-corrected chi connectivity index (χ3v) is 7.36. The van der Waals surface area contributed by atoms with E-state index >= 15 is 0 Å². The zero-order chi connectivity index (χ0) is 24.4. The maximum atomic E-state index is 2.66. The molecule has 2 heteroatoms. The van der Waals surface area contributed by atoms with E-state index in [9.17, 15) is 0 Å². The Morgan fingerprint density at radius 3 is 1.14 bits per heavy atom. The molecule has 35 heavy (non-hydrogen) atoms. The fraction of sp³-hybridized carbons (Fsp3) is 0.818. The Bertz CT molecular complexity index is 497. The van der Waals surface area contributed by atoms with Gasteiger partial charge in [0.05, 0.1) is 0 Å². The van der Waals surface area contributed by atoms with Crippen molar-refractivity contribution in [3.05, 3.63) is 35.9 Å². The Morgan fingerprint density at radius 2 is 0.771 bits per heavy atom. The van der Waals surface area contributed by atoms with Crippen LogP contribution in [0.5, 0.6) is 0 Å². The standard InChI is InChI=1S/C33H61N.H2O/c1-3-30-34(31-4-2)32-26-21-19-17-15-13-11-9-7-5-6-8-10-12-14-16-18-20-23-27-33-28-24-22-25-29-33;/h22,24-25,28-29H,3-21,23,26-27,30-32H2,1-2H3;1H2. The molecule has 0 aromatic heterocycles. The van der Waals surface area contributed by atoms with Crippen molar-refractivity contribution in [1.82, 2.24) is 4.90 Å². The molecule has 0 atom stereocenters. The lowest BCUT2D eigenvalue weighted by molar-refractivity contribution is 0.267. The van der Waals surface area contributed by atoms with Gasteiger partial charge in [-0.1, -0.05) is 153 Å². The molecule has 0 radical (unpaired) electrons. The number of hydrogen-bond acceptors (Lipinski definition) is 1. The molecule has 2 nitrogen and oxygen atoms in total. The van der Waals surface area contributed by atoms with Gasteiger partial charge in [-0.15, -0.1) is 0 Å². The van der Waals surface area contributed by atoms with Gasteiger partial charge in [-0.05, 0) is 57.3 Å². The molecule has 0 aliphatic carbocycles. The van der Waals surface area contributed by atoms with Gasteiger partial charge in [0.25, 0.3) is 0 Å². The summed E-state index contributed by atoms with van der Waals surface area (Å²) in [4.78, 5) is 2.66. The lowest BCUT2D eigenvalue weighted by Gasteiger charge is -2.20. The van der Waals surface area contributed by atoms with Crippen molar-refractivity contribution in [1.29, 1.82) is 0 Å². The zero-order valence-corrected chi connectivity index (χ0v) is 24.0. The van der Waals surface area contributed by atoms with E-state index in [1.165, 1.54) is 166 Å². The van der Waals surface area contributed by atoms with Crippen LogP contribution in [0.25, 0.3) is 0 Å². The Balaban J connectivity index is 0.0000116. The van der Waals surface area contributed by atoms with Crippen LogP contribution >= 0.6 is 0 Å². The summed E-state index contributed by atoms with van der Waals surface area (Å²) in [6.45, 7) is 8.53. The number of aryl methyl sites for hydroxylation is 1. The van der Waals surface area contributed by atoms with Crippen LogP contribution in [-0.2, 0) is 6.42 Å². The van der Waals surface area contributed by atoms with Crippen LogP contribution in [0.3, 0.4) is 0 Å². The second-order valence-corrected chi connectivity index (χ2v) is 10.8. The van der Waals surface area contributed by atoms with Gasteiger partial charge in [-0.25, -0.2) is 0 Å². The smallest absolute Gasteiger partial charge is 0.00187 e. The molecule has 0 aliphatic heterocycles. The molecule has 0 spiro atoms. The topological polar surface area (TPSA) is 34.7 Å². The fourth-order valence-corrected chi connectivity index (χ4v) is 5.28. The molecular formula is C33H63NO. The van der Waals surface area contributed by atoms with Crippen LogP contribution in [0.2, 0.25) is 0 Å². The van der Waals surface area contributed by atoms with E-state index in [1.54, 1.807) is 0 Å². The van der Waals surface area contributed by atoms with Gasteiger partial charge in [-0.2, -0.15) is 0 Å². The minimum Gasteiger partial charge on any atom is -0.412 e. The Kier molecular flexibility index (Phi) is 27.0. The lowest BCUT2D eigenvalue weighted by atomic mass is 10.0. The van der Waals surface area contributed by atoms with E-state index in [-0.39, 0.29) is 5.48 Å². The average molecular weight is 490 g/mol. The Hall–Kier alpha value is -0.860. The van der Waals surface area contributed by atoms with Crippen LogP contribution in [0.15, 0.2) is 30.3 Å². The van der Waals surface area contributed by atoms with Crippen molar-refractivity contribution in [3.63, 3.8) is 0 Å². The van der Waals surface area contributed by atoms with Crippen molar-refractivity contribution < 1.29 is 5.48 Å². The predicted octanol–water partition coefficient (Wildman–Crippen LogP) is 9.94. The number of unbranched alkanes of at least 4 members (excludes halogenated alkanes) is 18. The van der Waals surface area contributed by atoms with Crippen LogP contribution in [0, 0.1) is 0 Å². The summed E-state index contributed by atoms with van der Waals surface area (Å²) in [5.74, 6) is 0. The highest BCUT2D eigenvalue weighted by atomic mass is 16.0. The molecule has 1 rings (SSSR count). The first-order chi connectivity index (χ1) is 16.9. The lowest BCUT2D eigenvalue weighted by Crippen LogP contribution is -2.26. The predicted molar refractivity (Wildman–Crippen MR) is 159 cm³/mol. The summed E-state index contributed by atoms with van der Waals surface area (Å²) in [5.41, 5.74) is 1.50. The first-order valence-corrected chi connectivity index (χ1v) is 15.6. The molecule has 1 aromatic rings. The SMILES string of the molecule is CCCN(CCC)CCCCCCCCCCCCCCCCCCCCCc1ccccc1.O. The maximum absolute atomic E-state index is 2.66. The van der Waals surface area contributed by atoms with Crippen LogP contribution in [0.4, 0.5) is 0 Å². The van der Waals surface area contributed by atoms with Crippen molar-refractivity contribution in [2.45, 2.75) is 155 Å². The van der Waals surface area contributed by atoms with Gasteiger partial charge in [0.1, 0.15) is 0 Å². The summed E-state index contributed by atoms with van der Waals surface area (Å²) < 4.78 is 0. The Labute approximate surface area is 221 Å². The van der Waals surface area contributed by atoms with Crippen LogP contribution in [0.1, 0.15) is 154 Å². The minimum absolute atomic E-state index is 0. The molecular weight excluding hydrogens is 426 g/mol. The van der Waals surface area contributed by atoms with Crippen molar-refractivity contribution in [3.8, 4) is 0 Å². The summed E-state index contributed by atoms with van der Waals surface area (Å²) in [6.07, 6.45) is 31.5. The molecule has 0 bridgehead atoms. The van der Waals surface area contributed by atoms with E-state index in [0.717, 1.165) is 0 Å². The van der Waals surface area contributed by atoms with Crippen LogP contribution in [-0.4, -0.2) is 30.0 Å². The van der Waals surface area contributed by atoms with E-state index in [1.807, 2.05) is 0 Å². The van der Waals surface area contributed by atoms with E-state index in [0.29, 0.717) is 0 Å². The summed E-state index contributed by atoms with van der Waals surface area (Å²) in [7, 11) is 0. The van der Waals surface area contributed by atoms with Crippen molar-refractivity contribution in [2.24, 2.45) is 0 Å². The average Bonchev–Trinajstić information content (AvgIpc) is 2.86. The minimum atomic E-state index is 0. The quantitative estimate of drug-likeness (QED) is 0.119. The fourth-order valence-electron chi connectivity index (χ4n) is 5.28. The molecule has 0 fully saturated rings. The normalized spacial score (nSPS) is 11.2. The highest BCUT2D eigenvalue weighted by Crippen LogP contribution is 2.15. The van der Waals surface area contributed by atoms with Gasteiger partial charge >= 0.3 is 0 Å². The van der Waals surface area contributed by atoms with Gasteiger partial charge in [0.15, 0.2) is 0 Å². The highest BCUT2D eigenvalue weighted by molar-refractivity contribution is 5.14. The van der Waals surface area contributed by atoms with E-state index in [2.05, 4.69) is 49.1 Å². The molecule has 1 aromatic carbocycles. The molecule has 206 valence electrons. The number of hydrogen-bond donors (Lipinski definition) is 0. The van der Waals surface area contributed by atoms with E-state index < -0.39 is 0 Å². The summed E-state index contributed by atoms with van der Waals surface area (Å²) in [6, 6.07) is 11.0. The monoisotopic (exact) mass is 489 g/mol. The molecule has 0 saturated carbocycles. The molecule has 0 amide bonds. The van der Waals surface area contributed by atoms with Gasteiger partial charge in [0.2, 0.25) is 0 Å². The second-order valence-electron chi connectivity index (χ2n) is 10.8. The maximum Gasteiger partial charge on any atom is -0.00187 e. The van der Waals surface area contributed by atoms with Crippen molar-refractivity contribution in [2.75, 3.05) is 19.6 Å². The van der Waals surface area contributed by atoms with Crippen LogP contribution < -0.4 is 0 Å². The zero-order valence-electron chi connectivity index (χ0n) is 24.0. The first kappa shape index (κ1) is 34.1. The molecule has 0 unspecified atom stereocenters. The number of benzene rings is 1. The molecule has 2 N–H and O–H groups in total. The van der Waals surface area contributed by atoms with Gasteiger partial charge < -0.3 is 10.4 Å². The second kappa shape index (κ2) is 27.7. The number of rotatable bonds is 26. The molecule has 0 aliphatic rings. The van der Waals surface area contributed by atoms with Gasteiger partial charge in [0, 0.05) is 0 Å². The third-order valence-electron chi connectivity index (χ3n) is 7.36. The largest absolute Gasteiger partial charge is 0.412 e. The molecule has 0 saturated heterocycles. The van der Waals surface area contributed by atoms with Gasteiger partial charge in [-0.3, -0.25) is 0 Å². The third kappa shape index (κ3) is 23.3. The Morgan fingerprint density at radius 1 is 0.429 bits per heavy atom. The highest BCUT2D eigenvalue weighted by Gasteiger charge is 2.01. The number of nitrogens with zero attached hydrogens (tertiary/aromatic N) is 1. The molecule has 0 heterocycles. The van der Waals surface area contributed by atoms with E-state index in [4.69, 9.17) is 0 Å². The first-order valence-electron chi connectivity index (χ1n) is 15.6. The summed E-state index contributed by atoms with van der Waals surface area (Å²) >= 11 is 0.